The molecule has 0 aliphatic rings. The van der Waals surface area contributed by atoms with Crippen LogP contribution in [0.3, 0.4) is 0 Å². The molecule has 0 rings (SSSR count). The lowest BCUT2D eigenvalue weighted by atomic mass is 10.00. The molecule has 0 saturated carbocycles. The Morgan fingerprint density at radius 1 is 1.11 bits per heavy atom. The zero-order valence-electron chi connectivity index (χ0n) is 13.0. The molecule has 1 amide bonds. The molecule has 0 fully saturated rings. The van der Waals surface area contributed by atoms with Crippen LogP contribution in [0.1, 0.15) is 59.8 Å². The van der Waals surface area contributed by atoms with E-state index in [1.165, 1.54) is 0 Å². The molecule has 4 heteroatoms. The topological polar surface area (TPSA) is 61.4 Å². The van der Waals surface area contributed by atoms with Gasteiger partial charge in [-0.25, -0.2) is 0 Å². The molecular formula is C15H32N2O2. The van der Waals surface area contributed by atoms with Gasteiger partial charge in [0, 0.05) is 12.6 Å². The third kappa shape index (κ3) is 9.00. The number of rotatable bonds is 11. The first-order chi connectivity index (χ1) is 9.04. The van der Waals surface area contributed by atoms with E-state index in [9.17, 15) is 4.79 Å². The molecule has 3 N–H and O–H groups in total. The van der Waals surface area contributed by atoms with Crippen LogP contribution in [0.4, 0.5) is 0 Å². The van der Waals surface area contributed by atoms with E-state index < -0.39 is 0 Å². The second-order valence-corrected chi connectivity index (χ2v) is 5.50. The third-order valence-electron chi connectivity index (χ3n) is 3.45. The Balaban J connectivity index is 3.99. The third-order valence-corrected chi connectivity index (χ3v) is 3.45. The van der Waals surface area contributed by atoms with Crippen LogP contribution in [0.5, 0.6) is 0 Å². The smallest absolute Gasteiger partial charge is 0.237 e. The number of amides is 1. The van der Waals surface area contributed by atoms with E-state index >= 15 is 0 Å². The summed E-state index contributed by atoms with van der Waals surface area (Å²) in [7, 11) is 0. The summed E-state index contributed by atoms with van der Waals surface area (Å²) in [5.41, 5.74) is 0. The maximum atomic E-state index is 11.9. The molecule has 0 spiro atoms. The maximum Gasteiger partial charge on any atom is 0.237 e. The highest BCUT2D eigenvalue weighted by Crippen LogP contribution is 2.09. The second kappa shape index (κ2) is 11.2. The predicted octanol–water partition coefficient (Wildman–Crippen LogP) is 2.07. The van der Waals surface area contributed by atoms with Crippen molar-refractivity contribution in [1.29, 1.82) is 0 Å². The highest BCUT2D eigenvalue weighted by atomic mass is 16.3. The highest BCUT2D eigenvalue weighted by molar-refractivity contribution is 5.81. The lowest BCUT2D eigenvalue weighted by Gasteiger charge is -2.21. The Morgan fingerprint density at radius 3 is 2.26 bits per heavy atom. The van der Waals surface area contributed by atoms with E-state index in [4.69, 9.17) is 5.11 Å². The number of hydrogen-bond acceptors (Lipinski definition) is 3. The fraction of sp³-hybridized carbons (Fsp3) is 0.933. The van der Waals surface area contributed by atoms with Crippen molar-refractivity contribution in [1.82, 2.24) is 10.6 Å². The largest absolute Gasteiger partial charge is 0.396 e. The van der Waals surface area contributed by atoms with Crippen LogP contribution in [0, 0.1) is 5.92 Å². The Morgan fingerprint density at radius 2 is 1.74 bits per heavy atom. The molecular weight excluding hydrogens is 240 g/mol. The predicted molar refractivity (Wildman–Crippen MR) is 80.1 cm³/mol. The van der Waals surface area contributed by atoms with E-state index in [1.807, 2.05) is 13.8 Å². The minimum absolute atomic E-state index is 0.0696. The number of nitrogens with one attached hydrogen (secondary N) is 2. The van der Waals surface area contributed by atoms with Crippen molar-refractivity contribution in [3.05, 3.63) is 0 Å². The maximum absolute atomic E-state index is 11.9. The van der Waals surface area contributed by atoms with Gasteiger partial charge in [-0.1, -0.05) is 26.7 Å². The Hall–Kier alpha value is -0.610. The molecule has 0 radical (unpaired) electrons. The van der Waals surface area contributed by atoms with Crippen LogP contribution < -0.4 is 10.6 Å². The van der Waals surface area contributed by atoms with Crippen molar-refractivity contribution >= 4 is 5.91 Å². The van der Waals surface area contributed by atoms with Crippen molar-refractivity contribution < 1.29 is 9.90 Å². The van der Waals surface area contributed by atoms with Gasteiger partial charge in [0.15, 0.2) is 0 Å². The van der Waals surface area contributed by atoms with Gasteiger partial charge in [-0.2, -0.15) is 0 Å². The number of carbonyl (C=O) groups excluding carboxylic acids is 1. The molecule has 4 nitrogen and oxygen atoms in total. The van der Waals surface area contributed by atoms with Gasteiger partial charge in [-0.05, 0) is 45.6 Å². The van der Waals surface area contributed by atoms with Gasteiger partial charge < -0.3 is 15.7 Å². The first kappa shape index (κ1) is 18.4. The molecule has 0 aromatic carbocycles. The molecule has 0 bridgehead atoms. The number of aliphatic hydroxyl groups excluding tert-OH is 1. The Bertz CT molecular complexity index is 228. The van der Waals surface area contributed by atoms with E-state index in [1.54, 1.807) is 0 Å². The average Bonchev–Trinajstić information content (AvgIpc) is 2.36. The molecule has 0 aliphatic heterocycles. The first-order valence-corrected chi connectivity index (χ1v) is 7.69. The summed E-state index contributed by atoms with van der Waals surface area (Å²) < 4.78 is 0. The summed E-state index contributed by atoms with van der Waals surface area (Å²) in [5, 5.41) is 15.3. The van der Waals surface area contributed by atoms with Crippen LogP contribution in [0.15, 0.2) is 0 Å². The van der Waals surface area contributed by atoms with Gasteiger partial charge in [0.1, 0.15) is 0 Å². The fourth-order valence-corrected chi connectivity index (χ4v) is 2.25. The highest BCUT2D eigenvalue weighted by Gasteiger charge is 2.16. The summed E-state index contributed by atoms with van der Waals surface area (Å²) in [6.07, 6.45) is 5.11. The number of hydrogen-bond donors (Lipinski definition) is 3. The zero-order chi connectivity index (χ0) is 14.7. The molecule has 0 aromatic heterocycles. The van der Waals surface area contributed by atoms with Crippen LogP contribution in [-0.4, -0.2) is 36.2 Å². The molecule has 114 valence electrons. The molecule has 3 unspecified atom stereocenters. The normalized spacial score (nSPS) is 15.8. The molecule has 0 aromatic rings. The number of aliphatic hydroxyl groups is 1. The van der Waals surface area contributed by atoms with Gasteiger partial charge in [0.25, 0.3) is 0 Å². The standard InChI is InChI=1S/C15H32N2O2/c1-5-7-12(3)17-15(19)13(4)16-11-14(8-6-2)9-10-18/h12-14,16,18H,5-11H2,1-4H3,(H,17,19). The van der Waals surface area contributed by atoms with Gasteiger partial charge in [0.2, 0.25) is 5.91 Å². The summed E-state index contributed by atoms with van der Waals surface area (Å²) >= 11 is 0. The van der Waals surface area contributed by atoms with Crippen molar-refractivity contribution in [2.75, 3.05) is 13.2 Å². The van der Waals surface area contributed by atoms with Crippen molar-refractivity contribution in [3.8, 4) is 0 Å². The monoisotopic (exact) mass is 272 g/mol. The summed E-state index contributed by atoms with van der Waals surface area (Å²) in [6.45, 7) is 9.23. The fourth-order valence-electron chi connectivity index (χ4n) is 2.25. The van der Waals surface area contributed by atoms with Crippen LogP contribution in [-0.2, 0) is 4.79 Å². The summed E-state index contributed by atoms with van der Waals surface area (Å²) in [6, 6.07) is 0.0722. The first-order valence-electron chi connectivity index (χ1n) is 7.69. The lowest BCUT2D eigenvalue weighted by Crippen LogP contribution is -2.46. The quantitative estimate of drug-likeness (QED) is 0.539. The SMILES string of the molecule is CCCC(CCO)CNC(C)C(=O)NC(C)CCC. The molecule has 0 aliphatic carbocycles. The summed E-state index contributed by atoms with van der Waals surface area (Å²) in [5.74, 6) is 0.526. The van der Waals surface area contributed by atoms with Gasteiger partial charge in [-0.3, -0.25) is 4.79 Å². The van der Waals surface area contributed by atoms with E-state index in [0.29, 0.717) is 5.92 Å². The molecule has 3 atom stereocenters. The summed E-state index contributed by atoms with van der Waals surface area (Å²) in [4.78, 5) is 11.9. The number of carbonyl (C=O) groups is 1. The van der Waals surface area contributed by atoms with E-state index in [-0.39, 0.29) is 24.6 Å². The van der Waals surface area contributed by atoms with Crippen LogP contribution in [0.2, 0.25) is 0 Å². The molecule has 0 saturated heterocycles. The van der Waals surface area contributed by atoms with Gasteiger partial charge in [0.05, 0.1) is 6.04 Å². The van der Waals surface area contributed by atoms with E-state index in [0.717, 1.165) is 38.6 Å². The van der Waals surface area contributed by atoms with Crippen LogP contribution in [0.25, 0.3) is 0 Å². The van der Waals surface area contributed by atoms with Crippen molar-refractivity contribution in [3.63, 3.8) is 0 Å². The zero-order valence-corrected chi connectivity index (χ0v) is 13.0. The molecule has 19 heavy (non-hydrogen) atoms. The van der Waals surface area contributed by atoms with Crippen molar-refractivity contribution in [2.24, 2.45) is 5.92 Å². The minimum Gasteiger partial charge on any atom is -0.396 e. The van der Waals surface area contributed by atoms with Crippen molar-refractivity contribution in [2.45, 2.75) is 71.9 Å². The van der Waals surface area contributed by atoms with Gasteiger partial charge >= 0.3 is 0 Å². The second-order valence-electron chi connectivity index (χ2n) is 5.50. The van der Waals surface area contributed by atoms with Crippen LogP contribution >= 0.6 is 0 Å². The van der Waals surface area contributed by atoms with Gasteiger partial charge in [-0.15, -0.1) is 0 Å². The average molecular weight is 272 g/mol. The molecule has 0 heterocycles. The Kier molecular flexibility index (Phi) is 10.9. The lowest BCUT2D eigenvalue weighted by molar-refractivity contribution is -0.123. The van der Waals surface area contributed by atoms with E-state index in [2.05, 4.69) is 24.5 Å². The minimum atomic E-state index is -0.169. The Labute approximate surface area is 118 Å².